The summed E-state index contributed by atoms with van der Waals surface area (Å²) in [6.45, 7) is 0. The molecule has 2 N–H and O–H groups in total. The first-order valence-electron chi connectivity index (χ1n) is 7.87. The molecule has 1 amide bonds. The van der Waals surface area contributed by atoms with Crippen molar-refractivity contribution >= 4 is 11.9 Å². The SMILES string of the molecule is COC(=O)[C@@H](Cc1ccc(O)cc1)NC(=O)c1ccc(OC)c(OC)c1. The van der Waals surface area contributed by atoms with E-state index in [0.29, 0.717) is 17.1 Å². The van der Waals surface area contributed by atoms with E-state index in [1.54, 1.807) is 24.3 Å². The van der Waals surface area contributed by atoms with Crippen LogP contribution in [0, 0.1) is 0 Å². The zero-order chi connectivity index (χ0) is 19.1. The van der Waals surface area contributed by atoms with Gasteiger partial charge in [-0.15, -0.1) is 0 Å². The Balaban J connectivity index is 2.18. The van der Waals surface area contributed by atoms with Gasteiger partial charge in [0.05, 0.1) is 21.3 Å². The van der Waals surface area contributed by atoms with Crippen molar-refractivity contribution in [3.63, 3.8) is 0 Å². The maximum atomic E-state index is 12.5. The molecule has 0 aliphatic rings. The molecule has 0 radical (unpaired) electrons. The van der Waals surface area contributed by atoms with Crippen LogP contribution < -0.4 is 14.8 Å². The van der Waals surface area contributed by atoms with Gasteiger partial charge in [0.1, 0.15) is 11.8 Å². The Bertz CT molecular complexity index is 772. The number of benzene rings is 2. The average Bonchev–Trinajstić information content (AvgIpc) is 2.67. The van der Waals surface area contributed by atoms with E-state index in [1.165, 1.54) is 39.5 Å². The first-order valence-corrected chi connectivity index (χ1v) is 7.87. The molecule has 138 valence electrons. The van der Waals surface area contributed by atoms with Gasteiger partial charge < -0.3 is 24.6 Å². The predicted octanol–water partition coefficient (Wildman–Crippen LogP) is 1.92. The highest BCUT2D eigenvalue weighted by atomic mass is 16.5. The van der Waals surface area contributed by atoms with Crippen molar-refractivity contribution in [1.29, 1.82) is 0 Å². The highest BCUT2D eigenvalue weighted by Gasteiger charge is 2.23. The number of aromatic hydroxyl groups is 1. The van der Waals surface area contributed by atoms with Crippen molar-refractivity contribution in [2.24, 2.45) is 0 Å². The van der Waals surface area contributed by atoms with Gasteiger partial charge in [0.25, 0.3) is 5.91 Å². The number of carbonyl (C=O) groups excluding carboxylic acids is 2. The van der Waals surface area contributed by atoms with Gasteiger partial charge in [-0.05, 0) is 35.9 Å². The van der Waals surface area contributed by atoms with Crippen LogP contribution in [0.4, 0.5) is 0 Å². The molecule has 2 rings (SSSR count). The Morgan fingerprint density at radius 1 is 1.00 bits per heavy atom. The maximum absolute atomic E-state index is 12.5. The molecular formula is C19H21NO6. The number of ether oxygens (including phenoxy) is 3. The number of hydrogen-bond donors (Lipinski definition) is 2. The summed E-state index contributed by atoms with van der Waals surface area (Å²) >= 11 is 0. The second-order valence-electron chi connectivity index (χ2n) is 5.49. The molecule has 7 nitrogen and oxygen atoms in total. The van der Waals surface area contributed by atoms with Crippen LogP contribution >= 0.6 is 0 Å². The standard InChI is InChI=1S/C19H21NO6/c1-24-16-9-6-13(11-17(16)25-2)18(22)20-15(19(23)26-3)10-12-4-7-14(21)8-5-12/h4-9,11,15,21H,10H2,1-3H3,(H,20,22)/t15-/m1/s1. The normalized spacial score (nSPS) is 11.3. The van der Waals surface area contributed by atoms with Crippen molar-refractivity contribution in [1.82, 2.24) is 5.32 Å². The molecule has 0 aliphatic carbocycles. The minimum atomic E-state index is -0.870. The van der Waals surface area contributed by atoms with Gasteiger partial charge in [0.2, 0.25) is 0 Å². The number of esters is 1. The van der Waals surface area contributed by atoms with Crippen LogP contribution in [0.15, 0.2) is 42.5 Å². The van der Waals surface area contributed by atoms with Crippen molar-refractivity contribution in [2.45, 2.75) is 12.5 Å². The van der Waals surface area contributed by atoms with E-state index in [1.807, 2.05) is 0 Å². The Hall–Kier alpha value is -3.22. The number of rotatable bonds is 7. The van der Waals surface area contributed by atoms with Gasteiger partial charge in [0, 0.05) is 12.0 Å². The zero-order valence-electron chi connectivity index (χ0n) is 14.8. The van der Waals surface area contributed by atoms with E-state index in [9.17, 15) is 14.7 Å². The highest BCUT2D eigenvalue weighted by Crippen LogP contribution is 2.27. The Kier molecular flexibility index (Phi) is 6.43. The first-order chi connectivity index (χ1) is 12.5. The molecule has 2 aromatic rings. The van der Waals surface area contributed by atoms with E-state index in [0.717, 1.165) is 5.56 Å². The summed E-state index contributed by atoms with van der Waals surface area (Å²) in [5.74, 6) is 0.0238. The number of carbonyl (C=O) groups is 2. The topological polar surface area (TPSA) is 94.1 Å². The van der Waals surface area contributed by atoms with Gasteiger partial charge in [-0.2, -0.15) is 0 Å². The fraction of sp³-hybridized carbons (Fsp3) is 0.263. The fourth-order valence-electron chi connectivity index (χ4n) is 2.42. The number of nitrogens with one attached hydrogen (secondary N) is 1. The van der Waals surface area contributed by atoms with Crippen molar-refractivity contribution < 1.29 is 28.9 Å². The van der Waals surface area contributed by atoms with Gasteiger partial charge in [-0.3, -0.25) is 4.79 Å². The van der Waals surface area contributed by atoms with E-state index in [2.05, 4.69) is 5.32 Å². The quantitative estimate of drug-likeness (QED) is 0.734. The molecule has 26 heavy (non-hydrogen) atoms. The predicted molar refractivity (Wildman–Crippen MR) is 94.6 cm³/mol. The van der Waals surface area contributed by atoms with Crippen LogP contribution in [0.1, 0.15) is 15.9 Å². The molecule has 0 saturated heterocycles. The Morgan fingerprint density at radius 3 is 2.23 bits per heavy atom. The molecule has 2 aromatic carbocycles. The maximum Gasteiger partial charge on any atom is 0.328 e. The molecule has 0 spiro atoms. The van der Waals surface area contributed by atoms with Crippen molar-refractivity contribution in [3.8, 4) is 17.2 Å². The molecule has 0 aromatic heterocycles. The van der Waals surface area contributed by atoms with Crippen LogP contribution in [0.2, 0.25) is 0 Å². The van der Waals surface area contributed by atoms with Crippen LogP contribution in [0.5, 0.6) is 17.2 Å². The molecular weight excluding hydrogens is 338 g/mol. The fourth-order valence-corrected chi connectivity index (χ4v) is 2.42. The van der Waals surface area contributed by atoms with Gasteiger partial charge in [-0.25, -0.2) is 4.79 Å². The third-order valence-electron chi connectivity index (χ3n) is 3.81. The van der Waals surface area contributed by atoms with E-state index < -0.39 is 17.9 Å². The second-order valence-corrected chi connectivity index (χ2v) is 5.49. The number of methoxy groups -OCH3 is 3. The van der Waals surface area contributed by atoms with Gasteiger partial charge >= 0.3 is 5.97 Å². The van der Waals surface area contributed by atoms with Gasteiger partial charge in [0.15, 0.2) is 11.5 Å². The number of phenolic OH excluding ortho intramolecular Hbond substituents is 1. The highest BCUT2D eigenvalue weighted by molar-refractivity contribution is 5.97. The monoisotopic (exact) mass is 359 g/mol. The summed E-state index contributed by atoms with van der Waals surface area (Å²) in [6.07, 6.45) is 0.228. The molecule has 0 bridgehead atoms. The number of amides is 1. The second kappa shape index (κ2) is 8.75. The Morgan fingerprint density at radius 2 is 1.65 bits per heavy atom. The minimum absolute atomic E-state index is 0.123. The molecule has 1 atom stereocenters. The van der Waals surface area contributed by atoms with Crippen LogP contribution in [-0.2, 0) is 16.0 Å². The molecule has 0 aliphatic heterocycles. The summed E-state index contributed by atoms with van der Waals surface area (Å²) in [5.41, 5.74) is 1.09. The van der Waals surface area contributed by atoms with Crippen molar-refractivity contribution in [3.05, 3.63) is 53.6 Å². The molecule has 0 fully saturated rings. The van der Waals surface area contributed by atoms with E-state index in [4.69, 9.17) is 14.2 Å². The summed E-state index contributed by atoms with van der Waals surface area (Å²) in [7, 11) is 4.23. The van der Waals surface area contributed by atoms with Gasteiger partial charge in [-0.1, -0.05) is 12.1 Å². The molecule has 0 heterocycles. The van der Waals surface area contributed by atoms with Crippen molar-refractivity contribution in [2.75, 3.05) is 21.3 Å². The third kappa shape index (κ3) is 4.66. The summed E-state index contributed by atoms with van der Waals surface area (Å²) in [5, 5.41) is 12.0. The van der Waals surface area contributed by atoms with Crippen LogP contribution in [-0.4, -0.2) is 44.4 Å². The lowest BCUT2D eigenvalue weighted by Crippen LogP contribution is -2.43. The minimum Gasteiger partial charge on any atom is -0.508 e. The van der Waals surface area contributed by atoms with E-state index >= 15 is 0 Å². The number of phenols is 1. The lowest BCUT2D eigenvalue weighted by atomic mass is 10.0. The third-order valence-corrected chi connectivity index (χ3v) is 3.81. The summed E-state index contributed by atoms with van der Waals surface area (Å²) in [4.78, 5) is 24.6. The Labute approximate surface area is 151 Å². The summed E-state index contributed by atoms with van der Waals surface area (Å²) in [6, 6.07) is 10.2. The largest absolute Gasteiger partial charge is 0.508 e. The lowest BCUT2D eigenvalue weighted by Gasteiger charge is -2.17. The molecule has 0 unspecified atom stereocenters. The average molecular weight is 359 g/mol. The smallest absolute Gasteiger partial charge is 0.328 e. The summed E-state index contributed by atoms with van der Waals surface area (Å²) < 4.78 is 15.1. The zero-order valence-corrected chi connectivity index (χ0v) is 14.8. The first kappa shape index (κ1) is 19.1. The molecule has 7 heteroatoms. The molecule has 0 saturated carbocycles. The number of hydrogen-bond acceptors (Lipinski definition) is 6. The van der Waals surface area contributed by atoms with E-state index in [-0.39, 0.29) is 12.2 Å². The van der Waals surface area contributed by atoms with Crippen LogP contribution in [0.3, 0.4) is 0 Å². The lowest BCUT2D eigenvalue weighted by molar-refractivity contribution is -0.142. The van der Waals surface area contributed by atoms with Crippen LogP contribution in [0.25, 0.3) is 0 Å².